The molecule has 59 heavy (non-hydrogen) atoms. The van der Waals surface area contributed by atoms with Gasteiger partial charge >= 0.3 is 0 Å². The van der Waals surface area contributed by atoms with E-state index in [2.05, 4.69) is 241 Å². The van der Waals surface area contributed by atoms with Crippen molar-refractivity contribution in [3.63, 3.8) is 0 Å². The van der Waals surface area contributed by atoms with Crippen molar-refractivity contribution in [2.45, 2.75) is 0 Å². The lowest BCUT2D eigenvalue weighted by atomic mass is 9.90. The molecule has 0 radical (unpaired) electrons. The Morgan fingerprint density at radius 1 is 0.203 bits per heavy atom. The van der Waals surface area contributed by atoms with Crippen LogP contribution in [0.5, 0.6) is 0 Å². The molecular weight excluding hydrogens is 711 g/mol. The van der Waals surface area contributed by atoms with Gasteiger partial charge in [0.15, 0.2) is 0 Å². The molecule has 0 aromatic heterocycles. The molecule has 0 fully saturated rings. The van der Waals surface area contributed by atoms with Crippen molar-refractivity contribution in [2.24, 2.45) is 0 Å². The molecule has 276 valence electrons. The monoisotopic (exact) mass is 749 g/mol. The maximum atomic E-state index is 2.42. The Labute approximate surface area is 344 Å². The van der Waals surface area contributed by atoms with E-state index in [1.54, 1.807) is 0 Å². The summed E-state index contributed by atoms with van der Waals surface area (Å²) in [5, 5.41) is 9.92. The number of nitrogens with zero attached hydrogens (tertiary/aromatic N) is 1. The van der Waals surface area contributed by atoms with Crippen molar-refractivity contribution in [1.82, 2.24) is 0 Å². The molecule has 0 bridgehead atoms. The van der Waals surface area contributed by atoms with Gasteiger partial charge in [0, 0.05) is 17.1 Å². The Morgan fingerprint density at radius 2 is 0.644 bits per heavy atom. The number of rotatable bonds is 7. The number of hydrogen-bond acceptors (Lipinski definition) is 1. The van der Waals surface area contributed by atoms with Gasteiger partial charge < -0.3 is 4.90 Å². The largest absolute Gasteiger partial charge is 0.310 e. The van der Waals surface area contributed by atoms with Crippen LogP contribution >= 0.6 is 0 Å². The van der Waals surface area contributed by atoms with Gasteiger partial charge in [-0.2, -0.15) is 0 Å². The Kier molecular flexibility index (Phi) is 8.56. The second kappa shape index (κ2) is 14.6. The minimum absolute atomic E-state index is 1.09. The predicted molar refractivity (Wildman–Crippen MR) is 253 cm³/mol. The van der Waals surface area contributed by atoms with Crippen molar-refractivity contribution in [3.8, 4) is 44.5 Å². The summed E-state index contributed by atoms with van der Waals surface area (Å²) in [4.78, 5) is 2.42. The number of fused-ring (bicyclic) bond motifs is 5. The summed E-state index contributed by atoms with van der Waals surface area (Å²) in [6.45, 7) is 0. The lowest BCUT2D eigenvalue weighted by molar-refractivity contribution is 1.29. The summed E-state index contributed by atoms with van der Waals surface area (Å²) in [6, 6.07) is 86.4. The Hall–Kier alpha value is -7.74. The van der Waals surface area contributed by atoms with Crippen LogP contribution in [-0.4, -0.2) is 0 Å². The van der Waals surface area contributed by atoms with Crippen LogP contribution in [0.4, 0.5) is 17.1 Å². The van der Waals surface area contributed by atoms with E-state index in [4.69, 9.17) is 0 Å². The van der Waals surface area contributed by atoms with E-state index in [9.17, 15) is 0 Å². The first-order valence-corrected chi connectivity index (χ1v) is 20.3. The molecular formula is C58H39N. The standard InChI is InChI=1S/C58H39N/c1-2-12-40(13-3-1)41-24-26-45(27-25-41)55-37-36-50(39-58(55)56-23-11-18-43-15-5-8-20-53(43)56)59(49-35-32-47-29-28-44-16-6-9-21-54(44)57(47)38-49)48-33-30-46(31-34-48)52-22-10-17-42-14-4-7-19-51(42)52/h1-39H. The van der Waals surface area contributed by atoms with Crippen LogP contribution in [0.25, 0.3) is 87.6 Å². The molecule has 0 aliphatic rings. The zero-order valence-electron chi connectivity index (χ0n) is 32.5. The van der Waals surface area contributed by atoms with Gasteiger partial charge in [-0.15, -0.1) is 0 Å². The average molecular weight is 750 g/mol. The SMILES string of the molecule is c1ccc(-c2ccc(-c3ccc(N(c4ccc(-c5cccc6ccccc56)cc4)c4ccc5ccc6ccccc6c5c4)cc3-c3cccc4ccccc34)cc2)cc1. The van der Waals surface area contributed by atoms with Crippen LogP contribution in [0.1, 0.15) is 0 Å². The summed E-state index contributed by atoms with van der Waals surface area (Å²) < 4.78 is 0. The van der Waals surface area contributed by atoms with E-state index < -0.39 is 0 Å². The normalized spacial score (nSPS) is 11.4. The van der Waals surface area contributed by atoms with E-state index >= 15 is 0 Å². The molecule has 0 heterocycles. The fourth-order valence-electron chi connectivity index (χ4n) is 8.92. The number of anilines is 3. The van der Waals surface area contributed by atoms with Crippen molar-refractivity contribution in [2.75, 3.05) is 4.90 Å². The molecule has 0 saturated heterocycles. The fraction of sp³-hybridized carbons (Fsp3) is 0. The first-order chi connectivity index (χ1) is 29.2. The quantitative estimate of drug-likeness (QED) is 0.147. The molecule has 1 heteroatoms. The van der Waals surface area contributed by atoms with Gasteiger partial charge in [-0.1, -0.05) is 200 Å². The Morgan fingerprint density at radius 3 is 1.36 bits per heavy atom. The van der Waals surface area contributed by atoms with Gasteiger partial charge in [0.25, 0.3) is 0 Å². The fourth-order valence-corrected chi connectivity index (χ4v) is 8.92. The molecule has 11 rings (SSSR count). The summed E-state index contributed by atoms with van der Waals surface area (Å²) in [7, 11) is 0. The van der Waals surface area contributed by atoms with Gasteiger partial charge in [0.2, 0.25) is 0 Å². The van der Waals surface area contributed by atoms with Crippen molar-refractivity contribution < 1.29 is 0 Å². The minimum atomic E-state index is 1.09. The second-order valence-corrected chi connectivity index (χ2v) is 15.3. The molecule has 0 spiro atoms. The first-order valence-electron chi connectivity index (χ1n) is 20.3. The van der Waals surface area contributed by atoms with Gasteiger partial charge in [0.1, 0.15) is 0 Å². The zero-order chi connectivity index (χ0) is 39.1. The van der Waals surface area contributed by atoms with E-state index in [1.165, 1.54) is 87.6 Å². The third-order valence-corrected chi connectivity index (χ3v) is 11.9. The van der Waals surface area contributed by atoms with E-state index in [1.807, 2.05) is 0 Å². The average Bonchev–Trinajstić information content (AvgIpc) is 3.32. The molecule has 0 aliphatic heterocycles. The highest BCUT2D eigenvalue weighted by atomic mass is 15.1. The Balaban J connectivity index is 1.12. The third kappa shape index (κ3) is 6.30. The smallest absolute Gasteiger partial charge is 0.0468 e. The predicted octanol–water partition coefficient (Wildman–Crippen LogP) is 16.4. The molecule has 11 aromatic carbocycles. The molecule has 1 nitrogen and oxygen atoms in total. The summed E-state index contributed by atoms with van der Waals surface area (Å²) in [5.74, 6) is 0. The molecule has 0 amide bonds. The maximum Gasteiger partial charge on any atom is 0.0468 e. The van der Waals surface area contributed by atoms with Crippen LogP contribution in [-0.2, 0) is 0 Å². The zero-order valence-corrected chi connectivity index (χ0v) is 32.5. The van der Waals surface area contributed by atoms with Gasteiger partial charge in [-0.05, 0) is 124 Å². The third-order valence-electron chi connectivity index (χ3n) is 11.9. The van der Waals surface area contributed by atoms with E-state index in [0.717, 1.165) is 17.1 Å². The highest BCUT2D eigenvalue weighted by Crippen LogP contribution is 2.44. The van der Waals surface area contributed by atoms with Gasteiger partial charge in [-0.3, -0.25) is 0 Å². The van der Waals surface area contributed by atoms with Crippen LogP contribution in [0.2, 0.25) is 0 Å². The lowest BCUT2D eigenvalue weighted by Gasteiger charge is -2.28. The summed E-state index contributed by atoms with van der Waals surface area (Å²) >= 11 is 0. The van der Waals surface area contributed by atoms with Crippen LogP contribution in [0, 0.1) is 0 Å². The summed E-state index contributed by atoms with van der Waals surface area (Å²) in [6.07, 6.45) is 0. The van der Waals surface area contributed by atoms with Crippen molar-refractivity contribution >= 4 is 60.2 Å². The number of benzene rings is 11. The van der Waals surface area contributed by atoms with Crippen molar-refractivity contribution in [1.29, 1.82) is 0 Å². The van der Waals surface area contributed by atoms with Crippen molar-refractivity contribution in [3.05, 3.63) is 237 Å². The van der Waals surface area contributed by atoms with Crippen LogP contribution in [0.3, 0.4) is 0 Å². The molecule has 0 N–H and O–H groups in total. The summed E-state index contributed by atoms with van der Waals surface area (Å²) in [5.41, 5.74) is 12.9. The number of hydrogen-bond donors (Lipinski definition) is 0. The maximum absolute atomic E-state index is 2.42. The second-order valence-electron chi connectivity index (χ2n) is 15.3. The molecule has 0 aliphatic carbocycles. The molecule has 0 unspecified atom stereocenters. The minimum Gasteiger partial charge on any atom is -0.310 e. The van der Waals surface area contributed by atoms with E-state index in [0.29, 0.717) is 0 Å². The topological polar surface area (TPSA) is 3.24 Å². The Bertz CT molecular complexity index is 3300. The van der Waals surface area contributed by atoms with Crippen LogP contribution in [0.15, 0.2) is 237 Å². The lowest BCUT2D eigenvalue weighted by Crippen LogP contribution is -2.10. The molecule has 0 saturated carbocycles. The molecule has 11 aromatic rings. The highest BCUT2D eigenvalue weighted by molar-refractivity contribution is 6.09. The van der Waals surface area contributed by atoms with Gasteiger partial charge in [-0.25, -0.2) is 0 Å². The highest BCUT2D eigenvalue weighted by Gasteiger charge is 2.19. The first kappa shape index (κ1) is 34.5. The van der Waals surface area contributed by atoms with E-state index in [-0.39, 0.29) is 0 Å². The van der Waals surface area contributed by atoms with Crippen LogP contribution < -0.4 is 4.90 Å². The molecule has 0 atom stereocenters. The van der Waals surface area contributed by atoms with Gasteiger partial charge in [0.05, 0.1) is 0 Å².